The van der Waals surface area contributed by atoms with Crippen LogP contribution >= 0.6 is 23.2 Å². The van der Waals surface area contributed by atoms with E-state index in [9.17, 15) is 18.0 Å². The van der Waals surface area contributed by atoms with Crippen molar-refractivity contribution >= 4 is 50.7 Å². The van der Waals surface area contributed by atoms with E-state index in [0.29, 0.717) is 22.2 Å². The van der Waals surface area contributed by atoms with Gasteiger partial charge in [0.1, 0.15) is 6.04 Å². The van der Waals surface area contributed by atoms with Gasteiger partial charge in [-0.3, -0.25) is 13.9 Å². The summed E-state index contributed by atoms with van der Waals surface area (Å²) in [7, 11) is -3.56. The average molecular weight is 645 g/mol. The molecule has 1 atom stereocenters. The van der Waals surface area contributed by atoms with Gasteiger partial charge in [0, 0.05) is 32.0 Å². The molecule has 3 aromatic rings. The molecule has 1 aliphatic rings. The van der Waals surface area contributed by atoms with Crippen LogP contribution in [0, 0.1) is 0 Å². The molecule has 1 aliphatic carbocycles. The van der Waals surface area contributed by atoms with Crippen LogP contribution in [0.5, 0.6) is 0 Å². The van der Waals surface area contributed by atoms with E-state index >= 15 is 0 Å². The molecule has 3 aromatic carbocycles. The molecule has 0 saturated heterocycles. The van der Waals surface area contributed by atoms with Gasteiger partial charge in [0.2, 0.25) is 21.8 Å². The van der Waals surface area contributed by atoms with E-state index in [1.165, 1.54) is 4.31 Å². The highest BCUT2D eigenvalue weighted by Crippen LogP contribution is 2.26. The van der Waals surface area contributed by atoms with E-state index in [0.717, 1.165) is 49.5 Å². The van der Waals surface area contributed by atoms with Crippen molar-refractivity contribution in [2.24, 2.45) is 0 Å². The van der Waals surface area contributed by atoms with Gasteiger partial charge < -0.3 is 10.2 Å². The monoisotopic (exact) mass is 643 g/mol. The standard InChI is InChI=1S/C33H39Cl2N3O4S/c1-43(41,42)38(28-16-9-4-10-17-28)21-11-18-32(39)37(24-26-19-20-29(34)30(35)22-26)31(23-25-12-5-2-6-13-25)33(40)36-27-14-7-3-8-15-27/h2,4-6,9-10,12-13,16-17,19-20,22,27,31H,3,7-8,11,14-15,18,21,23-24H2,1H3,(H,36,40). The molecule has 4 rings (SSSR count). The Morgan fingerprint density at radius 3 is 2.16 bits per heavy atom. The normalized spacial score (nSPS) is 14.6. The number of sulfonamides is 1. The van der Waals surface area contributed by atoms with Crippen molar-refractivity contribution in [2.45, 2.75) is 70.0 Å². The Hall–Kier alpha value is -3.07. The second-order valence-electron chi connectivity index (χ2n) is 11.1. The fourth-order valence-electron chi connectivity index (χ4n) is 5.53. The molecule has 1 fully saturated rings. The number of anilines is 1. The highest BCUT2D eigenvalue weighted by Gasteiger charge is 2.32. The summed E-state index contributed by atoms with van der Waals surface area (Å²) in [6, 6.07) is 23.0. The third kappa shape index (κ3) is 9.71. The fourth-order valence-corrected chi connectivity index (χ4v) is 6.82. The Morgan fingerprint density at radius 1 is 0.884 bits per heavy atom. The topological polar surface area (TPSA) is 86.8 Å². The maximum absolute atomic E-state index is 14.0. The van der Waals surface area contributed by atoms with Gasteiger partial charge in [-0.05, 0) is 54.7 Å². The van der Waals surface area contributed by atoms with Crippen molar-refractivity contribution in [1.29, 1.82) is 0 Å². The van der Waals surface area contributed by atoms with Crippen LogP contribution in [0.4, 0.5) is 5.69 Å². The number of carbonyl (C=O) groups excluding carboxylic acids is 2. The number of rotatable bonds is 13. The van der Waals surface area contributed by atoms with Gasteiger partial charge in [0.25, 0.3) is 0 Å². The fraction of sp³-hybridized carbons (Fsp3) is 0.394. The minimum atomic E-state index is -3.56. The highest BCUT2D eigenvalue weighted by molar-refractivity contribution is 7.92. The number of carbonyl (C=O) groups is 2. The van der Waals surface area contributed by atoms with Gasteiger partial charge in [0.05, 0.1) is 22.0 Å². The number of benzene rings is 3. The molecule has 230 valence electrons. The number of halogens is 2. The van der Waals surface area contributed by atoms with Crippen LogP contribution in [-0.4, -0.2) is 50.0 Å². The number of para-hydroxylation sites is 1. The second-order valence-corrected chi connectivity index (χ2v) is 13.8. The Labute approximate surface area is 265 Å². The van der Waals surface area contributed by atoms with Crippen molar-refractivity contribution in [1.82, 2.24) is 10.2 Å². The van der Waals surface area contributed by atoms with Crippen LogP contribution in [-0.2, 0) is 32.6 Å². The van der Waals surface area contributed by atoms with Crippen LogP contribution in [0.3, 0.4) is 0 Å². The van der Waals surface area contributed by atoms with Gasteiger partial charge in [-0.1, -0.05) is 97.1 Å². The molecule has 0 radical (unpaired) electrons. The molecule has 43 heavy (non-hydrogen) atoms. The van der Waals surface area contributed by atoms with Crippen molar-refractivity contribution in [3.05, 3.63) is 100 Å². The van der Waals surface area contributed by atoms with E-state index in [2.05, 4.69) is 5.32 Å². The molecule has 1 N–H and O–H groups in total. The second kappa shape index (κ2) is 15.6. The lowest BCUT2D eigenvalue weighted by Crippen LogP contribution is -2.52. The summed E-state index contributed by atoms with van der Waals surface area (Å²) in [6.07, 6.45) is 6.97. The smallest absolute Gasteiger partial charge is 0.243 e. The summed E-state index contributed by atoms with van der Waals surface area (Å²) in [4.78, 5) is 29.6. The first-order valence-electron chi connectivity index (χ1n) is 14.7. The van der Waals surface area contributed by atoms with Crippen LogP contribution in [0.1, 0.15) is 56.1 Å². The van der Waals surface area contributed by atoms with E-state index < -0.39 is 16.1 Å². The number of nitrogens with one attached hydrogen (secondary N) is 1. The Balaban J connectivity index is 1.60. The number of hydrogen-bond donors (Lipinski definition) is 1. The lowest BCUT2D eigenvalue weighted by atomic mass is 9.94. The van der Waals surface area contributed by atoms with Gasteiger partial charge >= 0.3 is 0 Å². The molecule has 1 saturated carbocycles. The van der Waals surface area contributed by atoms with Crippen molar-refractivity contribution in [3.8, 4) is 0 Å². The molecule has 0 bridgehead atoms. The molecule has 7 nitrogen and oxygen atoms in total. The quantitative estimate of drug-likeness (QED) is 0.227. The molecule has 10 heteroatoms. The number of hydrogen-bond acceptors (Lipinski definition) is 4. The largest absolute Gasteiger partial charge is 0.352 e. The first-order valence-corrected chi connectivity index (χ1v) is 17.3. The zero-order valence-electron chi connectivity index (χ0n) is 24.4. The summed E-state index contributed by atoms with van der Waals surface area (Å²) in [6.45, 7) is 0.284. The summed E-state index contributed by atoms with van der Waals surface area (Å²) in [5, 5.41) is 4.00. The van der Waals surface area contributed by atoms with Crippen molar-refractivity contribution < 1.29 is 18.0 Å². The van der Waals surface area contributed by atoms with Gasteiger partial charge in [-0.2, -0.15) is 0 Å². The lowest BCUT2D eigenvalue weighted by molar-refractivity contribution is -0.141. The average Bonchev–Trinajstić information content (AvgIpc) is 2.99. The highest BCUT2D eigenvalue weighted by atomic mass is 35.5. The number of nitrogens with zero attached hydrogens (tertiary/aromatic N) is 2. The number of amides is 2. The molecule has 0 heterocycles. The third-order valence-electron chi connectivity index (χ3n) is 7.76. The zero-order chi connectivity index (χ0) is 30.8. The molecule has 0 spiro atoms. The predicted molar refractivity (Wildman–Crippen MR) is 174 cm³/mol. The first-order chi connectivity index (χ1) is 20.6. The predicted octanol–water partition coefficient (Wildman–Crippen LogP) is 6.63. The van der Waals surface area contributed by atoms with Crippen LogP contribution in [0.25, 0.3) is 0 Å². The molecular formula is C33H39Cl2N3O4S. The van der Waals surface area contributed by atoms with Crippen LogP contribution in [0.15, 0.2) is 78.9 Å². The minimum absolute atomic E-state index is 0.0577. The molecule has 0 aromatic heterocycles. The molecule has 2 amide bonds. The third-order valence-corrected chi connectivity index (χ3v) is 9.69. The van der Waals surface area contributed by atoms with Gasteiger partial charge in [-0.25, -0.2) is 8.42 Å². The zero-order valence-corrected chi connectivity index (χ0v) is 26.8. The van der Waals surface area contributed by atoms with Gasteiger partial charge in [0.15, 0.2) is 0 Å². The molecule has 1 unspecified atom stereocenters. The van der Waals surface area contributed by atoms with Gasteiger partial charge in [-0.15, -0.1) is 0 Å². The Bertz CT molecular complexity index is 1470. The van der Waals surface area contributed by atoms with E-state index in [1.54, 1.807) is 47.4 Å². The summed E-state index contributed by atoms with van der Waals surface area (Å²) < 4.78 is 26.5. The Kier molecular flexibility index (Phi) is 11.9. The van der Waals surface area contributed by atoms with E-state index in [1.807, 2.05) is 36.4 Å². The van der Waals surface area contributed by atoms with Crippen molar-refractivity contribution in [2.75, 3.05) is 17.1 Å². The first kappa shape index (κ1) is 32.8. The van der Waals surface area contributed by atoms with E-state index in [4.69, 9.17) is 23.2 Å². The minimum Gasteiger partial charge on any atom is -0.352 e. The summed E-state index contributed by atoms with van der Waals surface area (Å²) in [5.74, 6) is -0.432. The van der Waals surface area contributed by atoms with Crippen LogP contribution < -0.4 is 9.62 Å². The summed E-state index contributed by atoms with van der Waals surface area (Å²) >= 11 is 12.5. The molecular weight excluding hydrogens is 605 g/mol. The van der Waals surface area contributed by atoms with E-state index in [-0.39, 0.29) is 43.8 Å². The molecule has 0 aliphatic heterocycles. The van der Waals surface area contributed by atoms with Crippen molar-refractivity contribution in [3.63, 3.8) is 0 Å². The SMILES string of the molecule is CS(=O)(=O)N(CCCC(=O)N(Cc1ccc(Cl)c(Cl)c1)C(Cc1ccccc1)C(=O)NC1CCCCC1)c1ccccc1. The summed E-state index contributed by atoms with van der Waals surface area (Å²) in [5.41, 5.74) is 2.22. The van der Waals surface area contributed by atoms with Crippen LogP contribution in [0.2, 0.25) is 10.0 Å². The maximum Gasteiger partial charge on any atom is 0.243 e. The lowest BCUT2D eigenvalue weighted by Gasteiger charge is -2.34. The maximum atomic E-state index is 14.0. The Morgan fingerprint density at radius 2 is 1.53 bits per heavy atom.